The summed E-state index contributed by atoms with van der Waals surface area (Å²) < 4.78 is 29.5. The molecule has 0 aliphatic rings. The second kappa shape index (κ2) is 6.08. The molecule has 0 aliphatic carbocycles. The van der Waals surface area contributed by atoms with E-state index < -0.39 is 26.5 Å². The maximum Gasteiger partial charge on any atom is 0.347 e. The van der Waals surface area contributed by atoms with Gasteiger partial charge in [-0.2, -0.15) is 0 Å². The van der Waals surface area contributed by atoms with Gasteiger partial charge in [0.25, 0.3) is 0 Å². The van der Waals surface area contributed by atoms with E-state index in [1.165, 1.54) is 5.38 Å². The van der Waals surface area contributed by atoms with Gasteiger partial charge in [-0.25, -0.2) is 17.9 Å². The topological polar surface area (TPSA) is 116 Å². The lowest BCUT2D eigenvalue weighted by Crippen LogP contribution is -2.26. The first-order valence-electron chi connectivity index (χ1n) is 5.83. The maximum atomic E-state index is 12.1. The van der Waals surface area contributed by atoms with E-state index in [1.807, 2.05) is 0 Å². The zero-order valence-corrected chi connectivity index (χ0v) is 13.6. The fourth-order valence-electron chi connectivity index (χ4n) is 1.40. The van der Waals surface area contributed by atoms with Crippen LogP contribution < -0.4 is 4.72 Å². The van der Waals surface area contributed by atoms with E-state index in [-0.39, 0.29) is 22.7 Å². The van der Waals surface area contributed by atoms with Gasteiger partial charge in [0.15, 0.2) is 5.56 Å². The van der Waals surface area contributed by atoms with Crippen molar-refractivity contribution < 1.29 is 22.9 Å². The van der Waals surface area contributed by atoms with Crippen LogP contribution >= 0.6 is 11.3 Å². The van der Waals surface area contributed by atoms with Crippen LogP contribution in [0.25, 0.3) is 0 Å². The standard InChI is InChI=1S/C11H16N2O6S2/c1-11(2,3)19-10(14)8-7(5-12-21(4,17)18)6-20-9(8)13(15)16/h6,12H,5H2,1-4H3. The number of thiophene rings is 1. The molecule has 0 saturated heterocycles. The Morgan fingerprint density at radius 3 is 2.48 bits per heavy atom. The number of nitro groups is 1. The Balaban J connectivity index is 3.16. The summed E-state index contributed by atoms with van der Waals surface area (Å²) in [5.41, 5.74) is -0.809. The lowest BCUT2D eigenvalue weighted by molar-refractivity contribution is -0.380. The van der Waals surface area contributed by atoms with E-state index >= 15 is 0 Å². The van der Waals surface area contributed by atoms with Crippen molar-refractivity contribution in [1.29, 1.82) is 0 Å². The lowest BCUT2D eigenvalue weighted by Gasteiger charge is -2.19. The van der Waals surface area contributed by atoms with Gasteiger partial charge in [0, 0.05) is 11.9 Å². The van der Waals surface area contributed by atoms with Crippen molar-refractivity contribution in [2.75, 3.05) is 6.26 Å². The number of carbonyl (C=O) groups excluding carboxylic acids is 1. The van der Waals surface area contributed by atoms with E-state index in [0.29, 0.717) is 0 Å². The summed E-state index contributed by atoms with van der Waals surface area (Å²) in [6.07, 6.45) is 0.959. The molecule has 1 N–H and O–H groups in total. The molecule has 0 fully saturated rings. The quantitative estimate of drug-likeness (QED) is 0.496. The van der Waals surface area contributed by atoms with Crippen molar-refractivity contribution in [2.45, 2.75) is 32.9 Å². The summed E-state index contributed by atoms with van der Waals surface area (Å²) in [6, 6.07) is 0. The summed E-state index contributed by atoms with van der Waals surface area (Å²) >= 11 is 0.754. The predicted octanol–water partition coefficient (Wildman–Crippen LogP) is 1.66. The number of carbonyl (C=O) groups is 1. The Bertz CT molecular complexity index is 657. The van der Waals surface area contributed by atoms with Crippen molar-refractivity contribution in [2.24, 2.45) is 0 Å². The van der Waals surface area contributed by atoms with Crippen LogP contribution in [0.5, 0.6) is 0 Å². The molecule has 1 aromatic heterocycles. The van der Waals surface area contributed by atoms with Crippen LogP contribution in [0.15, 0.2) is 5.38 Å². The Morgan fingerprint density at radius 1 is 1.48 bits per heavy atom. The smallest absolute Gasteiger partial charge is 0.347 e. The van der Waals surface area contributed by atoms with Crippen LogP contribution in [-0.4, -0.2) is 31.2 Å². The monoisotopic (exact) mass is 336 g/mol. The zero-order chi connectivity index (χ0) is 16.4. The highest BCUT2D eigenvalue weighted by Gasteiger charge is 2.31. The van der Waals surface area contributed by atoms with Crippen molar-refractivity contribution in [1.82, 2.24) is 4.72 Å². The second-order valence-corrected chi connectivity index (χ2v) is 7.98. The minimum absolute atomic E-state index is 0.211. The van der Waals surface area contributed by atoms with Gasteiger partial charge in [0.2, 0.25) is 10.0 Å². The number of nitrogens with one attached hydrogen (secondary N) is 1. The van der Waals surface area contributed by atoms with E-state index in [1.54, 1.807) is 20.8 Å². The number of hydrogen-bond acceptors (Lipinski definition) is 7. The molecule has 0 aliphatic heterocycles. The maximum absolute atomic E-state index is 12.1. The van der Waals surface area contributed by atoms with E-state index in [0.717, 1.165) is 17.6 Å². The summed E-state index contributed by atoms with van der Waals surface area (Å²) in [5.74, 6) is -0.847. The Hall–Kier alpha value is -1.52. The molecule has 0 atom stereocenters. The Labute approximate surface area is 126 Å². The molecule has 8 nitrogen and oxygen atoms in total. The van der Waals surface area contributed by atoms with E-state index in [2.05, 4.69) is 4.72 Å². The first-order chi connectivity index (χ1) is 9.41. The minimum Gasteiger partial charge on any atom is -0.456 e. The second-order valence-electron chi connectivity index (χ2n) is 5.29. The van der Waals surface area contributed by atoms with Crippen LogP contribution in [0.2, 0.25) is 0 Å². The number of sulfonamides is 1. The van der Waals surface area contributed by atoms with Crippen LogP contribution in [0.4, 0.5) is 5.00 Å². The third kappa shape index (κ3) is 5.40. The van der Waals surface area contributed by atoms with Crippen molar-refractivity contribution in [3.63, 3.8) is 0 Å². The van der Waals surface area contributed by atoms with E-state index in [4.69, 9.17) is 4.74 Å². The molecule has 0 spiro atoms. The molecule has 0 amide bonds. The van der Waals surface area contributed by atoms with Gasteiger partial charge < -0.3 is 4.74 Å². The minimum atomic E-state index is -3.48. The van der Waals surface area contributed by atoms with Crippen LogP contribution in [0.3, 0.4) is 0 Å². The largest absolute Gasteiger partial charge is 0.456 e. The molecule has 1 aromatic rings. The average Bonchev–Trinajstić information content (AvgIpc) is 2.66. The first-order valence-corrected chi connectivity index (χ1v) is 8.60. The molecule has 21 heavy (non-hydrogen) atoms. The molecular weight excluding hydrogens is 320 g/mol. The molecule has 0 unspecified atom stereocenters. The van der Waals surface area contributed by atoms with Gasteiger partial charge in [-0.1, -0.05) is 11.3 Å². The highest BCUT2D eigenvalue weighted by atomic mass is 32.2. The van der Waals surface area contributed by atoms with Gasteiger partial charge in [0.1, 0.15) is 5.60 Å². The predicted molar refractivity (Wildman–Crippen MR) is 77.8 cm³/mol. The Morgan fingerprint density at radius 2 is 2.05 bits per heavy atom. The summed E-state index contributed by atoms with van der Waals surface area (Å²) in [4.78, 5) is 22.4. The van der Waals surface area contributed by atoms with Crippen LogP contribution in [-0.2, 0) is 21.3 Å². The summed E-state index contributed by atoms with van der Waals surface area (Å²) in [7, 11) is -3.48. The SMILES string of the molecule is CC(C)(C)OC(=O)c1c(CNS(C)(=O)=O)csc1[N+](=O)[O-]. The summed E-state index contributed by atoms with van der Waals surface area (Å²) in [6.45, 7) is 4.70. The third-order valence-electron chi connectivity index (χ3n) is 2.14. The van der Waals surface area contributed by atoms with Gasteiger partial charge in [-0.15, -0.1) is 0 Å². The molecule has 1 rings (SSSR count). The molecule has 10 heteroatoms. The van der Waals surface area contributed by atoms with Gasteiger partial charge >= 0.3 is 11.0 Å². The van der Waals surface area contributed by atoms with Gasteiger partial charge in [-0.05, 0) is 26.3 Å². The molecule has 0 radical (unpaired) electrons. The number of hydrogen-bond donors (Lipinski definition) is 1. The summed E-state index contributed by atoms with van der Waals surface area (Å²) in [5, 5.41) is 12.0. The fourth-order valence-corrected chi connectivity index (χ4v) is 2.69. The van der Waals surface area contributed by atoms with Gasteiger partial charge in [-0.3, -0.25) is 10.1 Å². The fraction of sp³-hybridized carbons (Fsp3) is 0.545. The van der Waals surface area contributed by atoms with Crippen molar-refractivity contribution in [3.05, 3.63) is 26.6 Å². The first kappa shape index (κ1) is 17.5. The average molecular weight is 336 g/mol. The number of esters is 1. The zero-order valence-electron chi connectivity index (χ0n) is 12.0. The van der Waals surface area contributed by atoms with Crippen molar-refractivity contribution in [3.8, 4) is 0 Å². The number of ether oxygens (including phenoxy) is 1. The van der Waals surface area contributed by atoms with Crippen molar-refractivity contribution >= 4 is 32.3 Å². The molecule has 0 aromatic carbocycles. The third-order valence-corrected chi connectivity index (χ3v) is 3.79. The molecule has 1 heterocycles. The lowest BCUT2D eigenvalue weighted by atomic mass is 10.1. The van der Waals surface area contributed by atoms with Gasteiger partial charge in [0.05, 0.1) is 11.2 Å². The number of rotatable bonds is 5. The number of nitrogens with zero attached hydrogens (tertiary/aromatic N) is 1. The van der Waals surface area contributed by atoms with E-state index in [9.17, 15) is 23.3 Å². The normalized spacial score (nSPS) is 12.2. The molecule has 118 valence electrons. The van der Waals surface area contributed by atoms with Crippen LogP contribution in [0, 0.1) is 10.1 Å². The van der Waals surface area contributed by atoms with Crippen LogP contribution in [0.1, 0.15) is 36.7 Å². The highest BCUT2D eigenvalue weighted by molar-refractivity contribution is 7.88. The molecule has 0 bridgehead atoms. The molecule has 0 saturated carbocycles. The Kier molecular flexibility index (Phi) is 5.07. The molecular formula is C11H16N2O6S2. The highest BCUT2D eigenvalue weighted by Crippen LogP contribution is 2.32.